The van der Waals surface area contributed by atoms with Crippen LogP contribution in [0.25, 0.3) is 0 Å². The maximum atomic E-state index is 4.51. The molecule has 1 fully saturated rings. The smallest absolute Gasteiger partial charge is 0.116 e. The van der Waals surface area contributed by atoms with Crippen LogP contribution in [0.4, 0.5) is 0 Å². The lowest BCUT2D eigenvalue weighted by Gasteiger charge is -2.31. The molecule has 1 atom stereocenters. The van der Waals surface area contributed by atoms with Gasteiger partial charge >= 0.3 is 0 Å². The van der Waals surface area contributed by atoms with Gasteiger partial charge in [-0.1, -0.05) is 0 Å². The van der Waals surface area contributed by atoms with Crippen molar-refractivity contribution in [1.29, 1.82) is 0 Å². The Bertz CT molecular complexity index is 391. The molecule has 0 amide bonds. The van der Waals surface area contributed by atoms with E-state index in [-0.39, 0.29) is 0 Å². The molecule has 0 aromatic carbocycles. The van der Waals surface area contributed by atoms with E-state index in [9.17, 15) is 0 Å². The molecular weight excluding hydrogens is 200 g/mol. The van der Waals surface area contributed by atoms with Crippen molar-refractivity contribution in [2.24, 2.45) is 0 Å². The fourth-order valence-corrected chi connectivity index (χ4v) is 2.77. The number of rotatable bonds is 1. The summed E-state index contributed by atoms with van der Waals surface area (Å²) in [6.45, 7) is 3.24. The minimum Gasteiger partial charge on any atom is -0.306 e. The fraction of sp³-hybridized carbons (Fsp3) is 0.667. The average Bonchev–Trinajstić information content (AvgIpc) is 2.76. The third-order valence-corrected chi connectivity index (χ3v) is 3.62. The number of fused-ring (bicyclic) bond motifs is 1. The van der Waals surface area contributed by atoms with Crippen LogP contribution in [0.5, 0.6) is 0 Å². The van der Waals surface area contributed by atoms with E-state index >= 15 is 0 Å². The standard InChI is InChI=1S/C12H18N4/c1-16-6-5-13-11(7-16)12-9-3-2-4-10(9)14-8-15-12/h8,11,13H,2-7H2,1H3. The second-order valence-electron chi connectivity index (χ2n) is 4.81. The van der Waals surface area contributed by atoms with Crippen molar-refractivity contribution in [3.05, 3.63) is 23.3 Å². The molecule has 0 radical (unpaired) electrons. The van der Waals surface area contributed by atoms with E-state index in [1.165, 1.54) is 23.4 Å². The van der Waals surface area contributed by atoms with Gasteiger partial charge in [-0.2, -0.15) is 0 Å². The minimum absolute atomic E-state index is 0.397. The first-order valence-corrected chi connectivity index (χ1v) is 6.09. The van der Waals surface area contributed by atoms with Crippen LogP contribution in [-0.4, -0.2) is 41.5 Å². The minimum atomic E-state index is 0.397. The molecule has 4 heteroatoms. The van der Waals surface area contributed by atoms with Crippen LogP contribution in [0.2, 0.25) is 0 Å². The van der Waals surface area contributed by atoms with Crippen molar-refractivity contribution in [3.63, 3.8) is 0 Å². The van der Waals surface area contributed by atoms with E-state index in [1.54, 1.807) is 6.33 Å². The van der Waals surface area contributed by atoms with E-state index < -0.39 is 0 Å². The molecule has 1 aliphatic heterocycles. The molecule has 4 nitrogen and oxygen atoms in total. The van der Waals surface area contributed by atoms with Gasteiger partial charge in [0.05, 0.1) is 11.7 Å². The Morgan fingerprint density at radius 3 is 3.19 bits per heavy atom. The van der Waals surface area contributed by atoms with E-state index in [0.717, 1.165) is 32.5 Å². The van der Waals surface area contributed by atoms with Gasteiger partial charge in [-0.3, -0.25) is 0 Å². The largest absolute Gasteiger partial charge is 0.306 e. The molecule has 1 aliphatic carbocycles. The lowest BCUT2D eigenvalue weighted by atomic mass is 10.0. The maximum absolute atomic E-state index is 4.51. The lowest BCUT2D eigenvalue weighted by molar-refractivity contribution is 0.237. The highest BCUT2D eigenvalue weighted by atomic mass is 15.2. The number of nitrogens with one attached hydrogen (secondary N) is 1. The summed E-state index contributed by atoms with van der Waals surface area (Å²) in [5.41, 5.74) is 3.93. The molecule has 0 bridgehead atoms. The van der Waals surface area contributed by atoms with E-state index in [1.807, 2.05) is 0 Å². The number of nitrogens with zero attached hydrogens (tertiary/aromatic N) is 3. The highest BCUT2D eigenvalue weighted by molar-refractivity contribution is 5.31. The topological polar surface area (TPSA) is 41.0 Å². The zero-order valence-electron chi connectivity index (χ0n) is 9.74. The van der Waals surface area contributed by atoms with Gasteiger partial charge in [-0.25, -0.2) is 9.97 Å². The first-order valence-electron chi connectivity index (χ1n) is 6.09. The molecule has 16 heavy (non-hydrogen) atoms. The number of piperazine rings is 1. The SMILES string of the molecule is CN1CCNC(c2ncnc3c2CCC3)C1. The van der Waals surface area contributed by atoms with Crippen LogP contribution in [-0.2, 0) is 12.8 Å². The zero-order valence-corrected chi connectivity index (χ0v) is 9.74. The Hall–Kier alpha value is -1.00. The second-order valence-corrected chi connectivity index (χ2v) is 4.81. The maximum Gasteiger partial charge on any atom is 0.116 e. The Morgan fingerprint density at radius 2 is 2.31 bits per heavy atom. The molecule has 1 unspecified atom stereocenters. The first-order chi connectivity index (χ1) is 7.84. The summed E-state index contributed by atoms with van der Waals surface area (Å²) >= 11 is 0. The number of likely N-dealkylation sites (N-methyl/N-ethyl adjacent to an activating group) is 1. The molecule has 86 valence electrons. The molecule has 1 N–H and O–H groups in total. The summed E-state index contributed by atoms with van der Waals surface area (Å²) < 4.78 is 0. The van der Waals surface area contributed by atoms with Crippen molar-refractivity contribution < 1.29 is 0 Å². The second kappa shape index (κ2) is 4.11. The molecule has 2 heterocycles. The Kier molecular flexibility index (Phi) is 2.61. The van der Waals surface area contributed by atoms with Crippen LogP contribution in [0.1, 0.15) is 29.4 Å². The highest BCUT2D eigenvalue weighted by Gasteiger charge is 2.25. The van der Waals surface area contributed by atoms with Crippen LogP contribution in [0.15, 0.2) is 6.33 Å². The third kappa shape index (κ3) is 1.72. The van der Waals surface area contributed by atoms with Crippen molar-refractivity contribution >= 4 is 0 Å². The third-order valence-electron chi connectivity index (χ3n) is 3.62. The molecular formula is C12H18N4. The Morgan fingerprint density at radius 1 is 1.38 bits per heavy atom. The first kappa shape index (κ1) is 10.2. The highest BCUT2D eigenvalue weighted by Crippen LogP contribution is 2.26. The van der Waals surface area contributed by atoms with Gasteiger partial charge in [0.25, 0.3) is 0 Å². The van der Waals surface area contributed by atoms with Gasteiger partial charge in [0.2, 0.25) is 0 Å². The summed E-state index contributed by atoms with van der Waals surface area (Å²) in [6.07, 6.45) is 5.26. The van der Waals surface area contributed by atoms with E-state index in [0.29, 0.717) is 6.04 Å². The molecule has 0 spiro atoms. The monoisotopic (exact) mass is 218 g/mol. The average molecular weight is 218 g/mol. The summed E-state index contributed by atoms with van der Waals surface area (Å²) in [6, 6.07) is 0.397. The normalized spacial score (nSPS) is 25.7. The van der Waals surface area contributed by atoms with Crippen LogP contribution >= 0.6 is 0 Å². The predicted molar refractivity (Wildman–Crippen MR) is 62.3 cm³/mol. The fourth-order valence-electron chi connectivity index (χ4n) is 2.77. The van der Waals surface area contributed by atoms with Gasteiger partial charge in [0, 0.05) is 25.3 Å². The van der Waals surface area contributed by atoms with Crippen LogP contribution in [0.3, 0.4) is 0 Å². The van der Waals surface area contributed by atoms with Gasteiger partial charge in [-0.05, 0) is 31.9 Å². The lowest BCUT2D eigenvalue weighted by Crippen LogP contribution is -2.44. The van der Waals surface area contributed by atoms with Crippen molar-refractivity contribution in [2.75, 3.05) is 26.7 Å². The van der Waals surface area contributed by atoms with Gasteiger partial charge in [-0.15, -0.1) is 0 Å². The molecule has 1 aromatic heterocycles. The van der Waals surface area contributed by atoms with Crippen molar-refractivity contribution in [3.8, 4) is 0 Å². The molecule has 1 saturated heterocycles. The van der Waals surface area contributed by atoms with Crippen LogP contribution in [0, 0.1) is 0 Å². The summed E-state index contributed by atoms with van der Waals surface area (Å²) in [7, 11) is 2.18. The van der Waals surface area contributed by atoms with Gasteiger partial charge in [0.15, 0.2) is 0 Å². The quantitative estimate of drug-likeness (QED) is 0.747. The molecule has 2 aliphatic rings. The number of aryl methyl sites for hydroxylation is 1. The van der Waals surface area contributed by atoms with Crippen molar-refractivity contribution in [2.45, 2.75) is 25.3 Å². The zero-order chi connectivity index (χ0) is 11.0. The molecule has 1 aromatic rings. The summed E-state index contributed by atoms with van der Waals surface area (Å²) in [5, 5.41) is 3.56. The molecule has 3 rings (SSSR count). The van der Waals surface area contributed by atoms with Gasteiger partial charge in [0.1, 0.15) is 6.33 Å². The van der Waals surface area contributed by atoms with Crippen LogP contribution < -0.4 is 5.32 Å². The number of aromatic nitrogens is 2. The van der Waals surface area contributed by atoms with E-state index in [2.05, 4.69) is 27.2 Å². The summed E-state index contributed by atoms with van der Waals surface area (Å²) in [4.78, 5) is 11.3. The van der Waals surface area contributed by atoms with E-state index in [4.69, 9.17) is 0 Å². The Labute approximate surface area is 96.1 Å². The number of hydrogen-bond donors (Lipinski definition) is 1. The molecule has 0 saturated carbocycles. The van der Waals surface area contributed by atoms with Gasteiger partial charge < -0.3 is 10.2 Å². The van der Waals surface area contributed by atoms with Crippen molar-refractivity contribution in [1.82, 2.24) is 20.2 Å². The number of hydrogen-bond acceptors (Lipinski definition) is 4. The Balaban J connectivity index is 1.91. The predicted octanol–water partition coefficient (Wildman–Crippen LogP) is 0.541. The summed E-state index contributed by atoms with van der Waals surface area (Å²) in [5.74, 6) is 0.